The number of nitrogens with one attached hydrogen (secondary N) is 1. The molecule has 10 heteroatoms. The molecular formula is C20H22Cl2N2O5S. The first kappa shape index (κ1) is 22.8. The molecule has 7 nitrogen and oxygen atoms in total. The highest BCUT2D eigenvalue weighted by Crippen LogP contribution is 2.29. The van der Waals surface area contributed by atoms with Crippen LogP contribution in [0.25, 0.3) is 0 Å². The van der Waals surface area contributed by atoms with E-state index in [1.54, 1.807) is 32.0 Å². The van der Waals surface area contributed by atoms with Gasteiger partial charge in [-0.15, -0.1) is 0 Å². The number of carbonyl (C=O) groups excluding carboxylic acids is 1. The Balaban J connectivity index is 1.75. The van der Waals surface area contributed by atoms with Crippen molar-refractivity contribution < 1.29 is 22.7 Å². The number of sulfonamides is 1. The molecule has 0 aliphatic carbocycles. The summed E-state index contributed by atoms with van der Waals surface area (Å²) in [4.78, 5) is 12.7. The summed E-state index contributed by atoms with van der Waals surface area (Å²) in [5, 5.41) is 3.48. The number of hydrogen-bond acceptors (Lipinski definition) is 5. The van der Waals surface area contributed by atoms with Gasteiger partial charge in [0.1, 0.15) is 5.75 Å². The fraction of sp³-hybridized carbons (Fsp3) is 0.350. The van der Waals surface area contributed by atoms with E-state index in [4.69, 9.17) is 32.7 Å². The number of hydrogen-bond donors (Lipinski definition) is 1. The van der Waals surface area contributed by atoms with Crippen molar-refractivity contribution in [1.29, 1.82) is 0 Å². The van der Waals surface area contributed by atoms with Gasteiger partial charge in [0.25, 0.3) is 5.91 Å². The van der Waals surface area contributed by atoms with Gasteiger partial charge in [-0.2, -0.15) is 4.31 Å². The van der Waals surface area contributed by atoms with Crippen molar-refractivity contribution in [2.75, 3.05) is 31.6 Å². The first-order valence-corrected chi connectivity index (χ1v) is 11.5. The third kappa shape index (κ3) is 5.25. The summed E-state index contributed by atoms with van der Waals surface area (Å²) < 4.78 is 38.0. The Morgan fingerprint density at radius 1 is 1.17 bits per heavy atom. The van der Waals surface area contributed by atoms with Crippen LogP contribution in [0.2, 0.25) is 10.0 Å². The molecule has 0 radical (unpaired) electrons. The highest BCUT2D eigenvalue weighted by atomic mass is 35.5. The lowest BCUT2D eigenvalue weighted by Crippen LogP contribution is -2.40. The van der Waals surface area contributed by atoms with E-state index in [9.17, 15) is 13.2 Å². The Morgan fingerprint density at radius 3 is 2.53 bits per heavy atom. The zero-order chi connectivity index (χ0) is 21.9. The Kier molecular flexibility index (Phi) is 7.26. The lowest BCUT2D eigenvalue weighted by molar-refractivity contribution is -0.122. The molecule has 2 aromatic carbocycles. The lowest BCUT2D eigenvalue weighted by atomic mass is 10.2. The molecule has 1 heterocycles. The van der Waals surface area contributed by atoms with Crippen LogP contribution in [0.5, 0.6) is 5.75 Å². The monoisotopic (exact) mass is 472 g/mol. The van der Waals surface area contributed by atoms with Crippen LogP contribution in [0, 0.1) is 6.92 Å². The van der Waals surface area contributed by atoms with Gasteiger partial charge < -0.3 is 14.8 Å². The summed E-state index contributed by atoms with van der Waals surface area (Å²) >= 11 is 12.0. The van der Waals surface area contributed by atoms with E-state index in [0.29, 0.717) is 42.8 Å². The van der Waals surface area contributed by atoms with Gasteiger partial charge in [-0.3, -0.25) is 4.79 Å². The van der Waals surface area contributed by atoms with Crippen LogP contribution < -0.4 is 10.1 Å². The van der Waals surface area contributed by atoms with Crippen LogP contribution in [-0.2, 0) is 19.6 Å². The van der Waals surface area contributed by atoms with E-state index in [1.807, 2.05) is 0 Å². The number of ether oxygens (including phenoxy) is 2. The fourth-order valence-corrected chi connectivity index (χ4v) is 4.77. The number of amides is 1. The van der Waals surface area contributed by atoms with Crippen molar-refractivity contribution in [3.8, 4) is 5.75 Å². The SMILES string of the molecule is Cc1ccc(S(=O)(=O)N2CCOCC2)cc1NC(=O)C(C)Oc1ccc(Cl)cc1Cl. The van der Waals surface area contributed by atoms with E-state index < -0.39 is 22.0 Å². The van der Waals surface area contributed by atoms with Crippen molar-refractivity contribution in [2.24, 2.45) is 0 Å². The molecule has 0 aromatic heterocycles. The minimum atomic E-state index is -3.67. The number of halogens is 2. The van der Waals surface area contributed by atoms with Gasteiger partial charge in [0.05, 0.1) is 23.1 Å². The Hall–Kier alpha value is -1.84. The van der Waals surface area contributed by atoms with E-state index in [2.05, 4.69) is 5.32 Å². The van der Waals surface area contributed by atoms with Crippen molar-refractivity contribution in [3.05, 3.63) is 52.0 Å². The average Bonchev–Trinajstić information content (AvgIpc) is 2.72. The van der Waals surface area contributed by atoms with Gasteiger partial charge in [-0.1, -0.05) is 29.3 Å². The Labute approximate surface area is 185 Å². The third-order valence-corrected chi connectivity index (χ3v) is 7.07. The lowest BCUT2D eigenvalue weighted by Gasteiger charge is -2.26. The zero-order valence-corrected chi connectivity index (χ0v) is 18.9. The molecule has 1 atom stereocenters. The summed E-state index contributed by atoms with van der Waals surface area (Å²) in [6.45, 7) is 4.66. The van der Waals surface area contributed by atoms with Crippen LogP contribution in [0.1, 0.15) is 12.5 Å². The second-order valence-corrected chi connectivity index (χ2v) is 9.60. The van der Waals surface area contributed by atoms with Crippen LogP contribution in [-0.4, -0.2) is 51.0 Å². The first-order chi connectivity index (χ1) is 14.2. The molecule has 1 amide bonds. The number of morpholine rings is 1. The van der Waals surface area contributed by atoms with Gasteiger partial charge in [-0.05, 0) is 49.7 Å². The molecule has 3 rings (SSSR count). The maximum absolute atomic E-state index is 12.9. The maximum Gasteiger partial charge on any atom is 0.265 e. The smallest absolute Gasteiger partial charge is 0.265 e. The second kappa shape index (κ2) is 9.53. The first-order valence-electron chi connectivity index (χ1n) is 9.29. The zero-order valence-electron chi connectivity index (χ0n) is 16.5. The topological polar surface area (TPSA) is 84.9 Å². The number of carbonyl (C=O) groups is 1. The van der Waals surface area contributed by atoms with Crippen molar-refractivity contribution in [3.63, 3.8) is 0 Å². The third-order valence-electron chi connectivity index (χ3n) is 4.64. The number of aryl methyl sites for hydroxylation is 1. The molecule has 30 heavy (non-hydrogen) atoms. The molecule has 0 spiro atoms. The van der Waals surface area contributed by atoms with E-state index in [-0.39, 0.29) is 9.92 Å². The maximum atomic E-state index is 12.9. The largest absolute Gasteiger partial charge is 0.479 e. The molecule has 2 aromatic rings. The quantitative estimate of drug-likeness (QED) is 0.691. The minimum absolute atomic E-state index is 0.111. The summed E-state index contributed by atoms with van der Waals surface area (Å²) in [7, 11) is -3.67. The fourth-order valence-electron chi connectivity index (χ4n) is 2.88. The van der Waals surface area contributed by atoms with Gasteiger partial charge in [-0.25, -0.2) is 8.42 Å². The predicted molar refractivity (Wildman–Crippen MR) is 116 cm³/mol. The standard InChI is InChI=1S/C20H22Cl2N2O5S/c1-13-3-5-16(30(26,27)24-7-9-28-10-8-24)12-18(13)23-20(25)14(2)29-19-6-4-15(21)11-17(19)22/h3-6,11-12,14H,7-10H2,1-2H3,(H,23,25). The Morgan fingerprint density at radius 2 is 1.87 bits per heavy atom. The van der Waals surface area contributed by atoms with Gasteiger partial charge in [0.15, 0.2) is 6.10 Å². The number of nitrogens with zero attached hydrogens (tertiary/aromatic N) is 1. The van der Waals surface area contributed by atoms with Gasteiger partial charge >= 0.3 is 0 Å². The summed E-state index contributed by atoms with van der Waals surface area (Å²) in [5.41, 5.74) is 1.12. The van der Waals surface area contributed by atoms with Crippen LogP contribution >= 0.6 is 23.2 Å². The molecule has 1 unspecified atom stereocenters. The predicted octanol–water partition coefficient (Wildman–Crippen LogP) is 3.73. The van der Waals surface area contributed by atoms with E-state index in [1.165, 1.54) is 22.5 Å². The summed E-state index contributed by atoms with van der Waals surface area (Å²) in [6.07, 6.45) is -0.873. The summed E-state index contributed by atoms with van der Waals surface area (Å²) in [5.74, 6) is -0.117. The average molecular weight is 473 g/mol. The molecule has 0 saturated carbocycles. The number of anilines is 1. The van der Waals surface area contributed by atoms with Gasteiger partial charge in [0.2, 0.25) is 10.0 Å². The van der Waals surface area contributed by atoms with Crippen LogP contribution in [0.4, 0.5) is 5.69 Å². The minimum Gasteiger partial charge on any atom is -0.479 e. The molecule has 1 saturated heterocycles. The van der Waals surface area contributed by atoms with Crippen molar-refractivity contribution >= 4 is 44.8 Å². The highest BCUT2D eigenvalue weighted by molar-refractivity contribution is 7.89. The van der Waals surface area contributed by atoms with Crippen molar-refractivity contribution in [1.82, 2.24) is 4.31 Å². The number of benzene rings is 2. The normalized spacial score (nSPS) is 16.1. The molecule has 162 valence electrons. The van der Waals surface area contributed by atoms with E-state index in [0.717, 1.165) is 5.56 Å². The second-order valence-electron chi connectivity index (χ2n) is 6.82. The van der Waals surface area contributed by atoms with Gasteiger partial charge in [0, 0.05) is 23.8 Å². The van der Waals surface area contributed by atoms with Crippen molar-refractivity contribution in [2.45, 2.75) is 24.8 Å². The molecule has 1 N–H and O–H groups in total. The molecule has 1 aliphatic rings. The van der Waals surface area contributed by atoms with Crippen LogP contribution in [0.3, 0.4) is 0 Å². The highest BCUT2D eigenvalue weighted by Gasteiger charge is 2.27. The summed E-state index contributed by atoms with van der Waals surface area (Å²) in [6, 6.07) is 9.35. The number of rotatable bonds is 6. The molecule has 1 fully saturated rings. The molecular weight excluding hydrogens is 451 g/mol. The molecule has 1 aliphatic heterocycles. The molecule has 0 bridgehead atoms. The Bertz CT molecular complexity index is 1040. The van der Waals surface area contributed by atoms with Crippen LogP contribution in [0.15, 0.2) is 41.3 Å². The van der Waals surface area contributed by atoms with E-state index >= 15 is 0 Å².